The molecule has 1 unspecified atom stereocenters. The van der Waals surface area contributed by atoms with Gasteiger partial charge in [-0.2, -0.15) is 0 Å². The van der Waals surface area contributed by atoms with Gasteiger partial charge in [-0.15, -0.1) is 0 Å². The van der Waals surface area contributed by atoms with Gasteiger partial charge in [-0.3, -0.25) is 13.7 Å². The number of unbranched alkanes of at least 4 members (excludes halogenated alkanes) is 1. The fourth-order valence-electron chi connectivity index (χ4n) is 1.40. The standard InChI is InChI=1S/C6H16O9P3/c1-2-3-4-5(16(7,8)9)6(17(10,11)12)18(13,14)15/h5H,2-4H2,1H3,(H2,7,8,9)(H2,10,11,12)(H2,13,14,15). The molecule has 0 aliphatic rings. The average molecular weight is 325 g/mol. The van der Waals surface area contributed by atoms with Crippen LogP contribution in [0.25, 0.3) is 0 Å². The Labute approximate surface area is 104 Å². The summed E-state index contributed by atoms with van der Waals surface area (Å²) in [7, 11) is -15.9. The van der Waals surface area contributed by atoms with E-state index in [0.29, 0.717) is 6.42 Å². The third-order valence-electron chi connectivity index (χ3n) is 2.13. The van der Waals surface area contributed by atoms with Crippen molar-refractivity contribution in [2.24, 2.45) is 0 Å². The highest BCUT2D eigenvalue weighted by Gasteiger charge is 2.55. The van der Waals surface area contributed by atoms with Crippen molar-refractivity contribution >= 4 is 22.8 Å². The SMILES string of the molecule is CCCCC([C](P(=O)(O)O)P(=O)(O)O)P(=O)(O)O. The first-order valence-corrected chi connectivity index (χ1v) is 9.76. The highest BCUT2D eigenvalue weighted by atomic mass is 31.2. The minimum Gasteiger partial charge on any atom is -0.324 e. The first kappa shape index (κ1) is 18.4. The Hall–Kier alpha value is 0.450. The molecule has 0 spiro atoms. The van der Waals surface area contributed by atoms with E-state index < -0.39 is 40.3 Å². The molecule has 109 valence electrons. The summed E-state index contributed by atoms with van der Waals surface area (Å²) in [5.74, 6) is 0. The van der Waals surface area contributed by atoms with Crippen molar-refractivity contribution in [1.29, 1.82) is 0 Å². The Bertz CT molecular complexity index is 381. The molecule has 0 aromatic heterocycles. The average Bonchev–Trinajstić information content (AvgIpc) is 2.05. The van der Waals surface area contributed by atoms with Gasteiger partial charge < -0.3 is 29.4 Å². The monoisotopic (exact) mass is 325 g/mol. The van der Waals surface area contributed by atoms with Gasteiger partial charge in [0.05, 0.1) is 5.66 Å². The van der Waals surface area contributed by atoms with E-state index in [2.05, 4.69) is 0 Å². The van der Waals surface area contributed by atoms with Crippen molar-refractivity contribution in [3.05, 3.63) is 5.40 Å². The van der Waals surface area contributed by atoms with Gasteiger partial charge in [-0.25, -0.2) is 0 Å². The molecule has 0 saturated carbocycles. The van der Waals surface area contributed by atoms with E-state index in [1.165, 1.54) is 0 Å². The summed E-state index contributed by atoms with van der Waals surface area (Å²) in [5.41, 5.74) is -2.14. The molecular formula is C6H16O9P3. The van der Waals surface area contributed by atoms with Crippen LogP contribution in [0.2, 0.25) is 0 Å². The van der Waals surface area contributed by atoms with E-state index in [1.807, 2.05) is 0 Å². The Kier molecular flexibility index (Phi) is 6.42. The molecule has 6 N–H and O–H groups in total. The summed E-state index contributed by atoms with van der Waals surface area (Å²) in [6, 6.07) is 0. The van der Waals surface area contributed by atoms with Crippen molar-refractivity contribution < 1.29 is 43.1 Å². The molecule has 0 heterocycles. The molecule has 0 aromatic rings. The molecule has 1 atom stereocenters. The quantitative estimate of drug-likeness (QED) is 0.366. The molecule has 1 radical (unpaired) electrons. The van der Waals surface area contributed by atoms with Crippen LogP contribution in [0.1, 0.15) is 26.2 Å². The predicted octanol–water partition coefficient (Wildman–Crippen LogP) is 0.568. The van der Waals surface area contributed by atoms with E-state index in [0.717, 1.165) is 0 Å². The molecule has 0 aromatic carbocycles. The van der Waals surface area contributed by atoms with Gasteiger partial charge in [0, 0.05) is 0 Å². The minimum atomic E-state index is -5.43. The Balaban J connectivity index is 5.59. The van der Waals surface area contributed by atoms with Crippen LogP contribution in [0.4, 0.5) is 0 Å². The van der Waals surface area contributed by atoms with Crippen molar-refractivity contribution in [2.45, 2.75) is 31.8 Å². The fourth-order valence-corrected chi connectivity index (χ4v) is 6.42. The molecule has 0 saturated heterocycles. The van der Waals surface area contributed by atoms with E-state index in [1.54, 1.807) is 6.92 Å². The Morgan fingerprint density at radius 3 is 1.56 bits per heavy atom. The van der Waals surface area contributed by atoms with Crippen molar-refractivity contribution in [2.75, 3.05) is 0 Å². The molecule has 0 fully saturated rings. The lowest BCUT2D eigenvalue weighted by atomic mass is 10.2. The van der Waals surface area contributed by atoms with Crippen LogP contribution >= 0.6 is 22.8 Å². The first-order valence-electron chi connectivity index (χ1n) is 4.86. The third kappa shape index (κ3) is 5.61. The topological polar surface area (TPSA) is 173 Å². The maximum Gasteiger partial charge on any atom is 0.346 e. The van der Waals surface area contributed by atoms with Crippen LogP contribution in [0, 0.1) is 5.40 Å². The van der Waals surface area contributed by atoms with Gasteiger partial charge in [0.1, 0.15) is 0 Å². The largest absolute Gasteiger partial charge is 0.346 e. The smallest absolute Gasteiger partial charge is 0.324 e. The van der Waals surface area contributed by atoms with Gasteiger partial charge in [-0.1, -0.05) is 19.8 Å². The second kappa shape index (κ2) is 6.27. The lowest BCUT2D eigenvalue weighted by Crippen LogP contribution is -2.20. The van der Waals surface area contributed by atoms with E-state index in [9.17, 15) is 13.7 Å². The maximum absolute atomic E-state index is 11.2. The second-order valence-corrected chi connectivity index (χ2v) is 8.99. The maximum atomic E-state index is 11.2. The number of hydrogen-bond donors (Lipinski definition) is 6. The molecule has 12 heteroatoms. The lowest BCUT2D eigenvalue weighted by molar-refractivity contribution is 0.331. The Morgan fingerprint density at radius 2 is 1.33 bits per heavy atom. The normalized spacial score (nSPS) is 16.0. The molecule has 9 nitrogen and oxygen atoms in total. The summed E-state index contributed by atoms with van der Waals surface area (Å²) in [5, 5.41) is -1.68. The highest BCUT2D eigenvalue weighted by molar-refractivity contribution is 7.76. The first-order chi connectivity index (χ1) is 7.81. The summed E-state index contributed by atoms with van der Waals surface area (Å²) in [6.45, 7) is 1.66. The second-order valence-electron chi connectivity index (χ2n) is 3.69. The van der Waals surface area contributed by atoms with Crippen LogP contribution in [-0.4, -0.2) is 35.0 Å². The predicted molar refractivity (Wildman–Crippen MR) is 62.7 cm³/mol. The van der Waals surface area contributed by atoms with Gasteiger partial charge in [-0.05, 0) is 6.42 Å². The molecule has 0 aliphatic carbocycles. The zero-order chi connectivity index (χ0) is 14.8. The zero-order valence-electron chi connectivity index (χ0n) is 9.45. The molecule has 0 amide bonds. The molecule has 18 heavy (non-hydrogen) atoms. The van der Waals surface area contributed by atoms with E-state index in [-0.39, 0.29) is 6.42 Å². The minimum absolute atomic E-state index is 0.166. The van der Waals surface area contributed by atoms with E-state index in [4.69, 9.17) is 29.4 Å². The summed E-state index contributed by atoms with van der Waals surface area (Å²) in [6.07, 6.45) is 0.206. The zero-order valence-corrected chi connectivity index (χ0v) is 12.1. The van der Waals surface area contributed by atoms with Gasteiger partial charge in [0.15, 0.2) is 0 Å². The Morgan fingerprint density at radius 1 is 0.944 bits per heavy atom. The summed E-state index contributed by atoms with van der Waals surface area (Å²) in [4.78, 5) is 53.5. The molecule has 0 bridgehead atoms. The van der Waals surface area contributed by atoms with Crippen molar-refractivity contribution in [1.82, 2.24) is 0 Å². The van der Waals surface area contributed by atoms with Gasteiger partial charge in [0.25, 0.3) is 0 Å². The number of hydrogen-bond acceptors (Lipinski definition) is 3. The third-order valence-corrected chi connectivity index (χ3v) is 7.25. The van der Waals surface area contributed by atoms with Crippen LogP contribution in [0.15, 0.2) is 0 Å². The van der Waals surface area contributed by atoms with Crippen molar-refractivity contribution in [3.8, 4) is 0 Å². The lowest BCUT2D eigenvalue weighted by Gasteiger charge is -2.27. The highest BCUT2D eigenvalue weighted by Crippen LogP contribution is 2.73. The molecule has 0 aliphatic heterocycles. The molecular weight excluding hydrogens is 309 g/mol. The summed E-state index contributed by atoms with van der Waals surface area (Å²) < 4.78 is 33.3. The number of rotatable bonds is 7. The van der Waals surface area contributed by atoms with E-state index >= 15 is 0 Å². The van der Waals surface area contributed by atoms with Crippen LogP contribution in [0.3, 0.4) is 0 Å². The van der Waals surface area contributed by atoms with Crippen LogP contribution in [0.5, 0.6) is 0 Å². The van der Waals surface area contributed by atoms with Gasteiger partial charge in [0.2, 0.25) is 5.40 Å². The van der Waals surface area contributed by atoms with Crippen LogP contribution in [-0.2, 0) is 13.7 Å². The van der Waals surface area contributed by atoms with Crippen molar-refractivity contribution in [3.63, 3.8) is 0 Å². The summed E-state index contributed by atoms with van der Waals surface area (Å²) >= 11 is 0. The fraction of sp³-hybridized carbons (Fsp3) is 0.833. The van der Waals surface area contributed by atoms with Gasteiger partial charge >= 0.3 is 22.8 Å². The molecule has 0 rings (SSSR count). The van der Waals surface area contributed by atoms with Crippen LogP contribution < -0.4 is 0 Å².